The number of rotatable bonds is 9. The molecule has 0 fully saturated rings. The number of hydrogen-bond donors (Lipinski definition) is 2. The van der Waals surface area contributed by atoms with Crippen molar-refractivity contribution in [3.63, 3.8) is 0 Å². The van der Waals surface area contributed by atoms with Crippen molar-refractivity contribution in [3.05, 3.63) is 29.8 Å². The highest BCUT2D eigenvalue weighted by atomic mass is 16.5. The molecule has 0 aliphatic heterocycles. The van der Waals surface area contributed by atoms with Crippen LogP contribution in [0.15, 0.2) is 24.3 Å². The summed E-state index contributed by atoms with van der Waals surface area (Å²) >= 11 is 0. The van der Waals surface area contributed by atoms with Crippen molar-refractivity contribution in [3.8, 4) is 5.75 Å². The number of aryl methyl sites for hydroxylation is 1. The molecule has 1 aromatic rings. The van der Waals surface area contributed by atoms with E-state index in [4.69, 9.17) is 9.47 Å². The molecule has 2 N–H and O–H groups in total. The van der Waals surface area contributed by atoms with Gasteiger partial charge in [0.2, 0.25) is 0 Å². The van der Waals surface area contributed by atoms with E-state index in [0.717, 1.165) is 12.2 Å². The summed E-state index contributed by atoms with van der Waals surface area (Å²) in [5, 5.41) is 13.0. The van der Waals surface area contributed by atoms with Gasteiger partial charge in [0.15, 0.2) is 0 Å². The lowest BCUT2D eigenvalue weighted by molar-refractivity contribution is 0.0227. The Bertz CT molecular complexity index is 384. The highest BCUT2D eigenvalue weighted by molar-refractivity contribution is 5.27. The number of aliphatic hydroxyl groups excluding tert-OH is 1. The minimum absolute atomic E-state index is 0.00867. The number of ether oxygens (including phenoxy) is 2. The molecule has 0 aliphatic carbocycles. The van der Waals surface area contributed by atoms with Crippen LogP contribution in [0.4, 0.5) is 0 Å². The number of hydrogen-bond acceptors (Lipinski definition) is 4. The van der Waals surface area contributed by atoms with Crippen LogP contribution in [0.2, 0.25) is 0 Å². The highest BCUT2D eigenvalue weighted by Crippen LogP contribution is 2.12. The molecule has 0 amide bonds. The van der Waals surface area contributed by atoms with E-state index in [1.807, 2.05) is 12.1 Å². The van der Waals surface area contributed by atoms with Crippen molar-refractivity contribution in [1.29, 1.82) is 0 Å². The molecule has 0 radical (unpaired) electrons. The van der Waals surface area contributed by atoms with Gasteiger partial charge in [-0.25, -0.2) is 0 Å². The van der Waals surface area contributed by atoms with Crippen LogP contribution in [0.1, 0.15) is 33.3 Å². The van der Waals surface area contributed by atoms with Gasteiger partial charge in [-0.1, -0.05) is 19.1 Å². The van der Waals surface area contributed by atoms with Crippen molar-refractivity contribution >= 4 is 0 Å². The van der Waals surface area contributed by atoms with Crippen LogP contribution in [0, 0.1) is 0 Å². The van der Waals surface area contributed by atoms with Crippen LogP contribution >= 0.6 is 0 Å². The Kier molecular flexibility index (Phi) is 7.72. The molecule has 0 aliphatic rings. The van der Waals surface area contributed by atoms with Gasteiger partial charge in [-0.2, -0.15) is 0 Å². The number of aliphatic hydroxyl groups is 1. The standard InChI is InChI=1S/C17H29NO3/c1-5-14-6-8-16(9-7-14)21-11-10-20-13-15(19)12-18-17(2,3)4/h6-9,15,18-19H,5,10-13H2,1-4H3/t15-/m0/s1. The monoisotopic (exact) mass is 295 g/mol. The van der Waals surface area contributed by atoms with Crippen LogP contribution in [0.3, 0.4) is 0 Å². The smallest absolute Gasteiger partial charge is 0.119 e. The zero-order valence-electron chi connectivity index (χ0n) is 13.7. The van der Waals surface area contributed by atoms with Gasteiger partial charge in [0, 0.05) is 12.1 Å². The minimum Gasteiger partial charge on any atom is -0.491 e. The zero-order chi connectivity index (χ0) is 15.7. The van der Waals surface area contributed by atoms with Crippen molar-refractivity contribution in [2.45, 2.75) is 45.8 Å². The molecule has 0 saturated carbocycles. The molecule has 0 bridgehead atoms. The summed E-state index contributed by atoms with van der Waals surface area (Å²) < 4.78 is 11.0. The van der Waals surface area contributed by atoms with E-state index in [-0.39, 0.29) is 5.54 Å². The van der Waals surface area contributed by atoms with E-state index in [1.54, 1.807) is 0 Å². The van der Waals surface area contributed by atoms with E-state index in [9.17, 15) is 5.11 Å². The summed E-state index contributed by atoms with van der Waals surface area (Å²) in [5.74, 6) is 0.853. The van der Waals surface area contributed by atoms with Crippen LogP contribution in [0.25, 0.3) is 0 Å². The fourth-order valence-corrected chi connectivity index (χ4v) is 1.74. The van der Waals surface area contributed by atoms with E-state index in [0.29, 0.717) is 26.4 Å². The lowest BCUT2D eigenvalue weighted by atomic mass is 10.1. The van der Waals surface area contributed by atoms with Gasteiger partial charge in [-0.05, 0) is 44.9 Å². The number of benzene rings is 1. The van der Waals surface area contributed by atoms with E-state index in [2.05, 4.69) is 45.1 Å². The normalized spacial score (nSPS) is 13.2. The molecule has 0 spiro atoms. The molecule has 4 nitrogen and oxygen atoms in total. The molecule has 21 heavy (non-hydrogen) atoms. The minimum atomic E-state index is -0.493. The summed E-state index contributed by atoms with van der Waals surface area (Å²) in [5.41, 5.74) is 1.31. The number of β-amino-alcohol motifs (C(OH)–C–C–N with tert-alkyl or cyclic N) is 1. The molecule has 120 valence electrons. The van der Waals surface area contributed by atoms with Gasteiger partial charge in [0.25, 0.3) is 0 Å². The highest BCUT2D eigenvalue weighted by Gasteiger charge is 2.11. The first-order chi connectivity index (χ1) is 9.90. The average molecular weight is 295 g/mol. The summed E-state index contributed by atoms with van der Waals surface area (Å²) in [6.45, 7) is 10.1. The second-order valence-electron chi connectivity index (χ2n) is 6.21. The largest absolute Gasteiger partial charge is 0.491 e. The molecule has 0 saturated heterocycles. The Morgan fingerprint density at radius 1 is 1.14 bits per heavy atom. The fourth-order valence-electron chi connectivity index (χ4n) is 1.74. The first-order valence-corrected chi connectivity index (χ1v) is 7.63. The van der Waals surface area contributed by atoms with Gasteiger partial charge >= 0.3 is 0 Å². The van der Waals surface area contributed by atoms with Gasteiger partial charge in [0.1, 0.15) is 12.4 Å². The van der Waals surface area contributed by atoms with Crippen molar-refractivity contribution in [1.82, 2.24) is 5.32 Å². The Morgan fingerprint density at radius 2 is 1.81 bits per heavy atom. The van der Waals surface area contributed by atoms with E-state index in [1.165, 1.54) is 5.56 Å². The molecule has 1 atom stereocenters. The first-order valence-electron chi connectivity index (χ1n) is 7.63. The second-order valence-corrected chi connectivity index (χ2v) is 6.21. The summed E-state index contributed by atoms with van der Waals surface area (Å²) in [7, 11) is 0. The Labute approximate surface area is 128 Å². The molecule has 4 heteroatoms. The first kappa shape index (κ1) is 18.0. The SMILES string of the molecule is CCc1ccc(OCCOC[C@@H](O)CNC(C)(C)C)cc1. The Hall–Kier alpha value is -1.10. The maximum Gasteiger partial charge on any atom is 0.119 e. The van der Waals surface area contributed by atoms with Gasteiger partial charge in [-0.15, -0.1) is 0 Å². The summed E-state index contributed by atoms with van der Waals surface area (Å²) in [4.78, 5) is 0. The molecule has 0 aromatic heterocycles. The topological polar surface area (TPSA) is 50.7 Å². The lowest BCUT2D eigenvalue weighted by Gasteiger charge is -2.22. The van der Waals surface area contributed by atoms with E-state index >= 15 is 0 Å². The average Bonchev–Trinajstić information content (AvgIpc) is 2.44. The zero-order valence-corrected chi connectivity index (χ0v) is 13.7. The predicted molar refractivity (Wildman–Crippen MR) is 85.9 cm³/mol. The van der Waals surface area contributed by atoms with Gasteiger partial charge in [0.05, 0.1) is 19.3 Å². The quantitative estimate of drug-likeness (QED) is 0.687. The Balaban J connectivity index is 2.08. The molecule has 1 rings (SSSR count). The maximum absolute atomic E-state index is 9.76. The van der Waals surface area contributed by atoms with Crippen molar-refractivity contribution in [2.75, 3.05) is 26.4 Å². The van der Waals surface area contributed by atoms with Crippen molar-refractivity contribution in [2.24, 2.45) is 0 Å². The van der Waals surface area contributed by atoms with Crippen LogP contribution in [-0.4, -0.2) is 43.1 Å². The lowest BCUT2D eigenvalue weighted by Crippen LogP contribution is -2.42. The molecule has 0 unspecified atom stereocenters. The van der Waals surface area contributed by atoms with Crippen LogP contribution < -0.4 is 10.1 Å². The van der Waals surface area contributed by atoms with Gasteiger partial charge < -0.3 is 19.9 Å². The molecule has 0 heterocycles. The van der Waals surface area contributed by atoms with Crippen LogP contribution in [-0.2, 0) is 11.2 Å². The third-order valence-electron chi connectivity index (χ3n) is 3.01. The van der Waals surface area contributed by atoms with Gasteiger partial charge in [-0.3, -0.25) is 0 Å². The van der Waals surface area contributed by atoms with Crippen LogP contribution in [0.5, 0.6) is 5.75 Å². The predicted octanol–water partition coefficient (Wildman–Crippen LogP) is 2.39. The third kappa shape index (κ3) is 8.71. The number of nitrogens with one attached hydrogen (secondary N) is 1. The Morgan fingerprint density at radius 3 is 2.38 bits per heavy atom. The van der Waals surface area contributed by atoms with E-state index < -0.39 is 6.10 Å². The third-order valence-corrected chi connectivity index (χ3v) is 3.01. The molecular formula is C17H29NO3. The molecular weight excluding hydrogens is 266 g/mol. The second kappa shape index (κ2) is 9.03. The maximum atomic E-state index is 9.76. The summed E-state index contributed by atoms with van der Waals surface area (Å²) in [6.07, 6.45) is 0.539. The van der Waals surface area contributed by atoms with Crippen molar-refractivity contribution < 1.29 is 14.6 Å². The molecule has 1 aromatic carbocycles. The summed E-state index contributed by atoms with van der Waals surface area (Å²) in [6, 6.07) is 8.08. The fraction of sp³-hybridized carbons (Fsp3) is 0.647.